The molecule has 0 aliphatic carbocycles. The van der Waals surface area contributed by atoms with Gasteiger partial charge >= 0.3 is 0 Å². The van der Waals surface area contributed by atoms with Gasteiger partial charge in [0.25, 0.3) is 0 Å². The van der Waals surface area contributed by atoms with Crippen LogP contribution in [0.1, 0.15) is 24.8 Å². The minimum atomic E-state index is 1.14. The lowest BCUT2D eigenvalue weighted by molar-refractivity contribution is -0.458. The Morgan fingerprint density at radius 2 is 2.06 bits per heavy atom. The summed E-state index contributed by atoms with van der Waals surface area (Å²) in [5.74, 6) is 0. The van der Waals surface area contributed by atoms with Crippen molar-refractivity contribution in [3.8, 4) is 0 Å². The third kappa shape index (κ3) is 2.31. The first-order valence-corrected chi connectivity index (χ1v) is 6.27. The normalized spacial score (nSPS) is 20.7. The molecule has 2 aliphatic rings. The van der Waals surface area contributed by atoms with Crippen molar-refractivity contribution in [2.45, 2.75) is 19.3 Å². The topological polar surface area (TPSA) is 15.0 Å². The fourth-order valence-electron chi connectivity index (χ4n) is 2.29. The SMILES string of the molecule is C1=Cc2ccccc2N/C1=C/[N+]1=CCCCC1. The molecule has 1 aromatic carbocycles. The highest BCUT2D eigenvalue weighted by molar-refractivity contribution is 5.74. The molecule has 2 heterocycles. The molecule has 0 fully saturated rings. The molecule has 0 amide bonds. The average Bonchev–Trinajstić information content (AvgIpc) is 2.40. The standard InChI is InChI=1S/C15H17N2/c1-4-10-17(11-5-1)12-14-9-8-13-6-2-3-7-15(13)16-14/h2-3,6-10,12,16H,1,4-5,11H2/q+1/b14-12+. The van der Waals surface area contributed by atoms with Crippen LogP contribution < -0.4 is 5.32 Å². The average molecular weight is 225 g/mol. The highest BCUT2D eigenvalue weighted by atomic mass is 15.0. The zero-order valence-corrected chi connectivity index (χ0v) is 9.89. The largest absolute Gasteiger partial charge is 0.350 e. The van der Waals surface area contributed by atoms with Crippen molar-refractivity contribution in [2.75, 3.05) is 11.9 Å². The maximum atomic E-state index is 3.46. The van der Waals surface area contributed by atoms with Crippen molar-refractivity contribution in [3.63, 3.8) is 0 Å². The van der Waals surface area contributed by atoms with E-state index >= 15 is 0 Å². The van der Waals surface area contributed by atoms with Gasteiger partial charge in [0.2, 0.25) is 0 Å². The van der Waals surface area contributed by atoms with Crippen LogP contribution in [0.4, 0.5) is 5.69 Å². The van der Waals surface area contributed by atoms with Crippen LogP contribution in [0.2, 0.25) is 0 Å². The number of hydrogen-bond donors (Lipinski definition) is 1. The number of allylic oxidation sites excluding steroid dienone is 1. The Morgan fingerprint density at radius 1 is 1.12 bits per heavy atom. The third-order valence-electron chi connectivity index (χ3n) is 3.22. The highest BCUT2D eigenvalue weighted by Crippen LogP contribution is 2.23. The van der Waals surface area contributed by atoms with Gasteiger partial charge in [-0.2, -0.15) is 0 Å². The van der Waals surface area contributed by atoms with Gasteiger partial charge in [0.15, 0.2) is 6.20 Å². The highest BCUT2D eigenvalue weighted by Gasteiger charge is 2.11. The minimum absolute atomic E-state index is 1.14. The summed E-state index contributed by atoms with van der Waals surface area (Å²) in [6.07, 6.45) is 12.6. The molecule has 0 bridgehead atoms. The van der Waals surface area contributed by atoms with Crippen LogP contribution in [-0.4, -0.2) is 17.3 Å². The van der Waals surface area contributed by atoms with Gasteiger partial charge in [-0.3, -0.25) is 0 Å². The maximum Gasteiger partial charge on any atom is 0.192 e. The van der Waals surface area contributed by atoms with E-state index in [9.17, 15) is 0 Å². The minimum Gasteiger partial charge on any atom is -0.350 e. The van der Waals surface area contributed by atoms with Crippen LogP contribution in [0.3, 0.4) is 0 Å². The summed E-state index contributed by atoms with van der Waals surface area (Å²) in [5, 5.41) is 3.46. The smallest absolute Gasteiger partial charge is 0.192 e. The Morgan fingerprint density at radius 3 is 2.94 bits per heavy atom. The van der Waals surface area contributed by atoms with E-state index in [4.69, 9.17) is 0 Å². The van der Waals surface area contributed by atoms with E-state index in [-0.39, 0.29) is 0 Å². The summed E-state index contributed by atoms with van der Waals surface area (Å²) in [4.78, 5) is 0. The van der Waals surface area contributed by atoms with Crippen molar-refractivity contribution >= 4 is 18.0 Å². The Labute approximate surface area is 102 Å². The van der Waals surface area contributed by atoms with Gasteiger partial charge in [0.1, 0.15) is 18.5 Å². The fourth-order valence-corrected chi connectivity index (χ4v) is 2.29. The lowest BCUT2D eigenvalue weighted by Gasteiger charge is -2.14. The Kier molecular flexibility index (Phi) is 2.78. The van der Waals surface area contributed by atoms with E-state index in [0.717, 1.165) is 6.54 Å². The van der Waals surface area contributed by atoms with Crippen LogP contribution in [-0.2, 0) is 0 Å². The molecule has 86 valence electrons. The van der Waals surface area contributed by atoms with E-state index in [1.807, 2.05) is 0 Å². The number of anilines is 1. The molecular formula is C15H17N2+. The molecule has 0 atom stereocenters. The molecule has 0 spiro atoms. The number of fused-ring (bicyclic) bond motifs is 1. The van der Waals surface area contributed by atoms with Crippen LogP contribution in [0.15, 0.2) is 42.2 Å². The number of para-hydroxylation sites is 1. The molecule has 2 heteroatoms. The second-order valence-corrected chi connectivity index (χ2v) is 4.55. The van der Waals surface area contributed by atoms with Crippen LogP contribution in [0, 0.1) is 0 Å². The van der Waals surface area contributed by atoms with Crippen molar-refractivity contribution in [1.29, 1.82) is 0 Å². The number of nitrogens with zero attached hydrogens (tertiary/aromatic N) is 1. The summed E-state index contributed by atoms with van der Waals surface area (Å²) in [7, 11) is 0. The molecule has 2 aliphatic heterocycles. The zero-order valence-electron chi connectivity index (χ0n) is 9.89. The van der Waals surface area contributed by atoms with Gasteiger partial charge in [-0.15, -0.1) is 0 Å². The summed E-state index contributed by atoms with van der Waals surface area (Å²) < 4.78 is 2.30. The number of hydrogen-bond acceptors (Lipinski definition) is 1. The molecular weight excluding hydrogens is 208 g/mol. The Balaban J connectivity index is 1.84. The lowest BCUT2D eigenvalue weighted by Crippen LogP contribution is -2.15. The molecule has 0 aromatic heterocycles. The Hall–Kier alpha value is -1.83. The van der Waals surface area contributed by atoms with Gasteiger partial charge < -0.3 is 5.32 Å². The van der Waals surface area contributed by atoms with Crippen LogP contribution in [0.25, 0.3) is 6.08 Å². The summed E-state index contributed by atoms with van der Waals surface area (Å²) in [5.41, 5.74) is 3.62. The molecule has 0 saturated carbocycles. The van der Waals surface area contributed by atoms with E-state index in [0.29, 0.717) is 0 Å². The van der Waals surface area contributed by atoms with Gasteiger partial charge in [0.05, 0.1) is 0 Å². The van der Waals surface area contributed by atoms with E-state index in [1.165, 1.54) is 36.2 Å². The second-order valence-electron chi connectivity index (χ2n) is 4.55. The predicted molar refractivity (Wildman–Crippen MR) is 72.2 cm³/mol. The molecule has 2 nitrogen and oxygen atoms in total. The first-order chi connectivity index (χ1) is 8.42. The van der Waals surface area contributed by atoms with Gasteiger partial charge in [0, 0.05) is 18.5 Å². The predicted octanol–water partition coefficient (Wildman–Crippen LogP) is 3.23. The molecule has 3 rings (SSSR count). The first-order valence-electron chi connectivity index (χ1n) is 6.27. The second kappa shape index (κ2) is 4.58. The molecule has 0 saturated heterocycles. The zero-order chi connectivity index (χ0) is 11.5. The van der Waals surface area contributed by atoms with Crippen molar-refractivity contribution in [1.82, 2.24) is 0 Å². The quantitative estimate of drug-likeness (QED) is 0.725. The third-order valence-corrected chi connectivity index (χ3v) is 3.22. The lowest BCUT2D eigenvalue weighted by atomic mass is 10.1. The van der Waals surface area contributed by atoms with Crippen LogP contribution in [0.5, 0.6) is 0 Å². The fraction of sp³-hybridized carbons (Fsp3) is 0.267. The molecule has 1 N–H and O–H groups in total. The van der Waals surface area contributed by atoms with E-state index in [2.05, 4.69) is 58.7 Å². The van der Waals surface area contributed by atoms with E-state index < -0.39 is 0 Å². The first kappa shape index (κ1) is 10.3. The number of nitrogens with one attached hydrogen (secondary N) is 1. The molecule has 1 aromatic rings. The Bertz CT molecular complexity index is 509. The number of benzene rings is 1. The van der Waals surface area contributed by atoms with Crippen molar-refractivity contribution < 1.29 is 4.58 Å². The van der Waals surface area contributed by atoms with E-state index in [1.54, 1.807) is 0 Å². The van der Waals surface area contributed by atoms with Gasteiger partial charge in [-0.05, 0) is 24.1 Å². The number of rotatable bonds is 1. The maximum absolute atomic E-state index is 3.46. The monoisotopic (exact) mass is 225 g/mol. The van der Waals surface area contributed by atoms with Crippen molar-refractivity contribution in [3.05, 3.63) is 47.8 Å². The summed E-state index contributed by atoms with van der Waals surface area (Å²) in [6.45, 7) is 1.14. The van der Waals surface area contributed by atoms with Crippen molar-refractivity contribution in [2.24, 2.45) is 0 Å². The molecule has 0 unspecified atom stereocenters. The molecule has 17 heavy (non-hydrogen) atoms. The molecule has 0 radical (unpaired) electrons. The summed E-state index contributed by atoms with van der Waals surface area (Å²) in [6, 6.07) is 8.38. The van der Waals surface area contributed by atoms with Gasteiger partial charge in [-0.25, -0.2) is 4.58 Å². The van der Waals surface area contributed by atoms with Crippen LogP contribution >= 0.6 is 0 Å². The summed E-state index contributed by atoms with van der Waals surface area (Å²) >= 11 is 0. The van der Waals surface area contributed by atoms with Gasteiger partial charge in [-0.1, -0.05) is 24.3 Å².